The van der Waals surface area contributed by atoms with Crippen molar-refractivity contribution in [3.05, 3.63) is 24.3 Å². The van der Waals surface area contributed by atoms with Crippen molar-refractivity contribution in [3.63, 3.8) is 0 Å². The first-order chi connectivity index (χ1) is 13.1. The number of carbonyl (C=O) groups is 5. The Morgan fingerprint density at radius 3 is 2.18 bits per heavy atom. The highest BCUT2D eigenvalue weighted by molar-refractivity contribution is 6.08. The van der Waals surface area contributed by atoms with E-state index in [1.807, 2.05) is 0 Å². The number of amides is 5. The molecule has 1 aliphatic heterocycles. The monoisotopic (exact) mass is 390 g/mol. The molecule has 0 saturated carbocycles. The molecule has 0 spiro atoms. The molecule has 1 aliphatic rings. The lowest BCUT2D eigenvalue weighted by atomic mass is 9.99. The van der Waals surface area contributed by atoms with E-state index < -0.39 is 42.5 Å². The number of urea groups is 1. The van der Waals surface area contributed by atoms with Crippen LogP contribution in [0.25, 0.3) is 0 Å². The van der Waals surface area contributed by atoms with Crippen LogP contribution in [0.1, 0.15) is 27.2 Å². The minimum Gasteiger partial charge on any atom is -0.454 e. The molecule has 0 aromatic heterocycles. The molecule has 1 atom stereocenters. The van der Waals surface area contributed by atoms with Crippen LogP contribution in [0.3, 0.4) is 0 Å². The van der Waals surface area contributed by atoms with Crippen molar-refractivity contribution in [2.75, 3.05) is 23.8 Å². The van der Waals surface area contributed by atoms with E-state index in [-0.39, 0.29) is 5.91 Å². The molecule has 1 aromatic carbocycles. The van der Waals surface area contributed by atoms with Crippen LogP contribution in [0.2, 0.25) is 0 Å². The zero-order valence-corrected chi connectivity index (χ0v) is 15.8. The number of hydrogen-bond acceptors (Lipinski definition) is 6. The molecule has 1 aromatic rings. The highest BCUT2D eigenvalue weighted by atomic mass is 16.5. The van der Waals surface area contributed by atoms with Gasteiger partial charge in [0, 0.05) is 18.3 Å². The molecule has 0 unspecified atom stereocenters. The first-order valence-corrected chi connectivity index (χ1v) is 8.62. The summed E-state index contributed by atoms with van der Waals surface area (Å²) in [7, 11) is 0. The highest BCUT2D eigenvalue weighted by Gasteiger charge is 2.47. The predicted octanol–water partition coefficient (Wildman–Crippen LogP) is 0.847. The summed E-state index contributed by atoms with van der Waals surface area (Å²) in [5.74, 6) is -2.19. The van der Waals surface area contributed by atoms with Gasteiger partial charge in [-0.1, -0.05) is 6.92 Å². The zero-order valence-electron chi connectivity index (χ0n) is 15.8. The van der Waals surface area contributed by atoms with Gasteiger partial charge in [0.05, 0.1) is 0 Å². The van der Waals surface area contributed by atoms with E-state index in [2.05, 4.69) is 16.0 Å². The molecule has 5 amide bonds. The Labute approximate surface area is 161 Å². The first-order valence-electron chi connectivity index (χ1n) is 8.62. The number of hydrogen-bond donors (Lipinski definition) is 3. The summed E-state index contributed by atoms with van der Waals surface area (Å²) < 4.78 is 4.83. The van der Waals surface area contributed by atoms with Gasteiger partial charge in [0.25, 0.3) is 11.8 Å². The maximum absolute atomic E-state index is 12.2. The fraction of sp³-hybridized carbons (Fsp3) is 0.389. The third-order valence-electron chi connectivity index (χ3n) is 4.19. The average molecular weight is 390 g/mol. The van der Waals surface area contributed by atoms with Crippen molar-refractivity contribution >= 4 is 41.1 Å². The summed E-state index contributed by atoms with van der Waals surface area (Å²) in [6.45, 7) is 3.56. The predicted molar refractivity (Wildman–Crippen MR) is 99.3 cm³/mol. The van der Waals surface area contributed by atoms with Crippen LogP contribution < -0.4 is 16.0 Å². The molecule has 0 radical (unpaired) electrons. The molecule has 0 aliphatic carbocycles. The van der Waals surface area contributed by atoms with Crippen LogP contribution in [0, 0.1) is 0 Å². The van der Waals surface area contributed by atoms with Gasteiger partial charge in [-0.15, -0.1) is 0 Å². The maximum atomic E-state index is 12.2. The fourth-order valence-corrected chi connectivity index (χ4v) is 2.49. The number of ether oxygens (including phenoxy) is 1. The SMILES string of the molecule is CC[C@@]1(C)NC(=O)N(CC(=O)OCC(=O)Nc2ccc(NC(C)=O)cc2)C1=O. The number of rotatable bonds is 7. The van der Waals surface area contributed by atoms with Gasteiger partial charge in [-0.25, -0.2) is 4.79 Å². The minimum absolute atomic E-state index is 0.215. The zero-order chi connectivity index (χ0) is 20.9. The lowest BCUT2D eigenvalue weighted by Gasteiger charge is -2.18. The quantitative estimate of drug-likeness (QED) is 0.467. The van der Waals surface area contributed by atoms with E-state index >= 15 is 0 Å². The topological polar surface area (TPSA) is 134 Å². The van der Waals surface area contributed by atoms with Crippen LogP contribution in [0.5, 0.6) is 0 Å². The first kappa shape index (κ1) is 20.9. The van der Waals surface area contributed by atoms with Crippen molar-refractivity contribution in [2.24, 2.45) is 0 Å². The van der Waals surface area contributed by atoms with Crippen LogP contribution >= 0.6 is 0 Å². The second kappa shape index (κ2) is 8.51. The standard InChI is InChI=1S/C18H22N4O6/c1-4-18(3)16(26)22(17(27)21-18)9-15(25)28-10-14(24)20-13-7-5-12(6-8-13)19-11(2)23/h5-8H,4,9-10H2,1-3H3,(H,19,23)(H,20,24)(H,21,27)/t18-/m1/s1. The van der Waals surface area contributed by atoms with Gasteiger partial charge in [-0.2, -0.15) is 0 Å². The van der Waals surface area contributed by atoms with Gasteiger partial charge in [-0.3, -0.25) is 24.1 Å². The Morgan fingerprint density at radius 2 is 1.68 bits per heavy atom. The van der Waals surface area contributed by atoms with E-state index in [9.17, 15) is 24.0 Å². The Bertz CT molecular complexity index is 807. The molecule has 150 valence electrons. The van der Waals surface area contributed by atoms with Gasteiger partial charge in [0.15, 0.2) is 6.61 Å². The minimum atomic E-state index is -1.04. The average Bonchev–Trinajstić information content (AvgIpc) is 2.85. The fourth-order valence-electron chi connectivity index (χ4n) is 2.49. The summed E-state index contributed by atoms with van der Waals surface area (Å²) in [6.07, 6.45) is 0.381. The van der Waals surface area contributed by atoms with Gasteiger partial charge >= 0.3 is 12.0 Å². The molecular weight excluding hydrogens is 368 g/mol. The van der Waals surface area contributed by atoms with Crippen molar-refractivity contribution in [3.8, 4) is 0 Å². The van der Waals surface area contributed by atoms with Crippen LogP contribution in [-0.2, 0) is 23.9 Å². The molecule has 1 saturated heterocycles. The second-order valence-corrected chi connectivity index (χ2v) is 6.47. The van der Waals surface area contributed by atoms with Crippen LogP contribution in [0.15, 0.2) is 24.3 Å². The Balaban J connectivity index is 1.81. The van der Waals surface area contributed by atoms with Gasteiger partial charge in [0.1, 0.15) is 12.1 Å². The summed E-state index contributed by atoms with van der Waals surface area (Å²) in [5, 5.41) is 7.64. The Hall–Kier alpha value is -3.43. The van der Waals surface area contributed by atoms with Crippen molar-refractivity contribution in [1.29, 1.82) is 0 Å². The lowest BCUT2D eigenvalue weighted by Crippen LogP contribution is -2.43. The Kier molecular flexibility index (Phi) is 6.34. The van der Waals surface area contributed by atoms with Gasteiger partial charge < -0.3 is 20.7 Å². The molecule has 0 bridgehead atoms. The van der Waals surface area contributed by atoms with Gasteiger partial charge in [0.2, 0.25) is 5.91 Å². The molecular formula is C18H22N4O6. The van der Waals surface area contributed by atoms with E-state index in [4.69, 9.17) is 4.74 Å². The molecule has 28 heavy (non-hydrogen) atoms. The van der Waals surface area contributed by atoms with Crippen LogP contribution in [-0.4, -0.2) is 53.3 Å². The van der Waals surface area contributed by atoms with Crippen molar-refractivity contribution in [2.45, 2.75) is 32.7 Å². The number of imide groups is 1. The number of esters is 1. The maximum Gasteiger partial charge on any atom is 0.326 e. The summed E-state index contributed by atoms with van der Waals surface area (Å²) in [4.78, 5) is 59.5. The Morgan fingerprint density at radius 1 is 1.11 bits per heavy atom. The number of nitrogens with zero attached hydrogens (tertiary/aromatic N) is 1. The van der Waals surface area contributed by atoms with Crippen molar-refractivity contribution < 1.29 is 28.7 Å². The van der Waals surface area contributed by atoms with E-state index in [1.165, 1.54) is 6.92 Å². The number of benzene rings is 1. The highest BCUT2D eigenvalue weighted by Crippen LogP contribution is 2.20. The van der Waals surface area contributed by atoms with Crippen molar-refractivity contribution in [1.82, 2.24) is 10.2 Å². The molecule has 10 heteroatoms. The molecule has 1 heterocycles. The molecule has 3 N–H and O–H groups in total. The normalized spacial score (nSPS) is 18.5. The lowest BCUT2D eigenvalue weighted by molar-refractivity contribution is -0.150. The third kappa shape index (κ3) is 5.06. The summed E-state index contributed by atoms with van der Waals surface area (Å²) in [5.41, 5.74) is -0.0226. The summed E-state index contributed by atoms with van der Waals surface area (Å²) in [6, 6.07) is 5.68. The number of carbonyl (C=O) groups excluding carboxylic acids is 5. The third-order valence-corrected chi connectivity index (χ3v) is 4.19. The number of anilines is 2. The van der Waals surface area contributed by atoms with E-state index in [1.54, 1.807) is 38.1 Å². The summed E-state index contributed by atoms with van der Waals surface area (Å²) >= 11 is 0. The van der Waals surface area contributed by atoms with Crippen LogP contribution in [0.4, 0.5) is 16.2 Å². The number of nitrogens with one attached hydrogen (secondary N) is 3. The van der Waals surface area contributed by atoms with E-state index in [0.29, 0.717) is 17.8 Å². The van der Waals surface area contributed by atoms with Gasteiger partial charge in [-0.05, 0) is 37.6 Å². The smallest absolute Gasteiger partial charge is 0.326 e. The second-order valence-electron chi connectivity index (χ2n) is 6.47. The molecule has 10 nitrogen and oxygen atoms in total. The largest absolute Gasteiger partial charge is 0.454 e. The molecule has 1 fully saturated rings. The molecule has 2 rings (SSSR count). The van der Waals surface area contributed by atoms with E-state index in [0.717, 1.165) is 4.90 Å².